The van der Waals surface area contributed by atoms with Crippen molar-refractivity contribution < 1.29 is 35.8 Å². The van der Waals surface area contributed by atoms with E-state index in [1.165, 1.54) is 24.3 Å². The van der Waals surface area contributed by atoms with Crippen LogP contribution < -0.4 is 4.74 Å². The van der Waals surface area contributed by atoms with Crippen LogP contribution in [0.3, 0.4) is 0 Å². The minimum Gasteiger partial charge on any atom is -0.429 e. The van der Waals surface area contributed by atoms with Crippen molar-refractivity contribution in [2.45, 2.75) is 39.1 Å². The Morgan fingerprint density at radius 2 is 1.54 bits per heavy atom. The lowest BCUT2D eigenvalue weighted by atomic mass is 10.1. The first-order chi connectivity index (χ1) is 12.1. The van der Waals surface area contributed by atoms with Crippen molar-refractivity contribution >= 4 is 0 Å². The average molecular weight is 378 g/mol. The second-order valence-electron chi connectivity index (χ2n) is 5.52. The molecule has 142 valence electrons. The summed E-state index contributed by atoms with van der Waals surface area (Å²) in [5.74, 6) is -4.16. The Morgan fingerprint density at radius 1 is 1.00 bits per heavy atom. The maximum absolute atomic E-state index is 14.2. The highest BCUT2D eigenvalue weighted by Crippen LogP contribution is 2.36. The number of aryl methyl sites for hydroxylation is 1. The number of rotatable bonds is 7. The van der Waals surface area contributed by atoms with Crippen LogP contribution in [-0.4, -0.2) is 6.61 Å². The van der Waals surface area contributed by atoms with Gasteiger partial charge in [0.05, 0.1) is 11.7 Å². The van der Waals surface area contributed by atoms with Gasteiger partial charge in [0.25, 0.3) is 0 Å². The number of alkyl halides is 4. The highest BCUT2D eigenvalue weighted by molar-refractivity contribution is 5.32. The molecule has 0 aromatic heterocycles. The van der Waals surface area contributed by atoms with E-state index in [0.717, 1.165) is 12.5 Å². The molecule has 0 spiro atoms. The molecule has 8 heteroatoms. The van der Waals surface area contributed by atoms with Crippen molar-refractivity contribution in [3.8, 4) is 5.75 Å². The van der Waals surface area contributed by atoms with Gasteiger partial charge in [-0.15, -0.1) is 0 Å². The Balaban J connectivity index is 2.21. The molecule has 0 heterocycles. The molecule has 1 atom stereocenters. The number of halogens is 6. The molecular formula is C18H16F6O2. The van der Waals surface area contributed by atoms with E-state index >= 15 is 0 Å². The van der Waals surface area contributed by atoms with Gasteiger partial charge in [0.1, 0.15) is 0 Å². The Bertz CT molecular complexity index is 723. The third kappa shape index (κ3) is 4.69. The molecule has 2 aromatic rings. The summed E-state index contributed by atoms with van der Waals surface area (Å²) in [5, 5.41) is 0. The van der Waals surface area contributed by atoms with Gasteiger partial charge in [-0.05, 0) is 36.6 Å². The van der Waals surface area contributed by atoms with Gasteiger partial charge in [-0.3, -0.25) is 0 Å². The maximum atomic E-state index is 14.2. The van der Waals surface area contributed by atoms with Gasteiger partial charge >= 0.3 is 12.7 Å². The predicted molar refractivity (Wildman–Crippen MR) is 82.2 cm³/mol. The van der Waals surface area contributed by atoms with Crippen LogP contribution in [0.1, 0.15) is 36.6 Å². The Hall–Kier alpha value is -2.22. The molecule has 0 bridgehead atoms. The van der Waals surface area contributed by atoms with E-state index in [9.17, 15) is 26.3 Å². The number of hydrogen-bond donors (Lipinski definition) is 0. The summed E-state index contributed by atoms with van der Waals surface area (Å²) in [4.78, 5) is 0. The molecule has 2 rings (SSSR count). The molecule has 26 heavy (non-hydrogen) atoms. The molecule has 0 saturated heterocycles. The van der Waals surface area contributed by atoms with Gasteiger partial charge in [0.2, 0.25) is 0 Å². The number of benzene rings is 2. The molecule has 1 unspecified atom stereocenters. The van der Waals surface area contributed by atoms with Crippen molar-refractivity contribution in [2.24, 2.45) is 0 Å². The lowest BCUT2D eigenvalue weighted by Crippen LogP contribution is -2.20. The van der Waals surface area contributed by atoms with E-state index in [1.54, 1.807) is 0 Å². The van der Waals surface area contributed by atoms with Crippen molar-refractivity contribution in [2.75, 3.05) is 0 Å². The highest BCUT2D eigenvalue weighted by atomic mass is 19.3. The second kappa shape index (κ2) is 7.99. The summed E-state index contributed by atoms with van der Waals surface area (Å²) < 4.78 is 88.6. The van der Waals surface area contributed by atoms with Crippen LogP contribution in [0.5, 0.6) is 5.75 Å². The van der Waals surface area contributed by atoms with Crippen molar-refractivity contribution in [3.63, 3.8) is 0 Å². The van der Waals surface area contributed by atoms with Gasteiger partial charge in [0.15, 0.2) is 17.4 Å². The molecule has 0 aliphatic carbocycles. The predicted octanol–water partition coefficient (Wildman–Crippen LogP) is 5.96. The SMILES string of the molecule is CCc1ccc(C(F)(F)OC(C)c2cc(F)c(OC(F)F)c(F)c2)cc1. The quantitative estimate of drug-likeness (QED) is 0.554. The topological polar surface area (TPSA) is 18.5 Å². The van der Waals surface area contributed by atoms with Gasteiger partial charge in [-0.25, -0.2) is 8.78 Å². The maximum Gasteiger partial charge on any atom is 0.387 e. The molecular weight excluding hydrogens is 362 g/mol. The van der Waals surface area contributed by atoms with Crippen LogP contribution in [0.2, 0.25) is 0 Å². The summed E-state index contributed by atoms with van der Waals surface area (Å²) in [6.45, 7) is -0.388. The minimum absolute atomic E-state index is 0.286. The van der Waals surface area contributed by atoms with Gasteiger partial charge in [-0.2, -0.15) is 17.6 Å². The average Bonchev–Trinajstić information content (AvgIpc) is 2.57. The summed E-state index contributed by atoms with van der Waals surface area (Å²) in [7, 11) is 0. The Kier molecular flexibility index (Phi) is 6.17. The van der Waals surface area contributed by atoms with Gasteiger partial charge in [-0.1, -0.05) is 31.2 Å². The first kappa shape index (κ1) is 20.1. The second-order valence-corrected chi connectivity index (χ2v) is 5.52. The number of hydrogen-bond acceptors (Lipinski definition) is 2. The summed E-state index contributed by atoms with van der Waals surface area (Å²) >= 11 is 0. The fourth-order valence-corrected chi connectivity index (χ4v) is 2.31. The standard InChI is InChI=1S/C18H16F6O2/c1-3-11-4-6-13(7-5-11)18(23,24)26-10(2)12-8-14(19)16(15(20)9-12)25-17(21)22/h4-10,17H,3H2,1-2H3. The molecule has 0 fully saturated rings. The number of ether oxygens (including phenoxy) is 2. The van der Waals surface area contributed by atoms with Crippen molar-refractivity contribution in [1.29, 1.82) is 0 Å². The molecule has 0 radical (unpaired) electrons. The van der Waals surface area contributed by atoms with Crippen LogP contribution in [0.15, 0.2) is 36.4 Å². The van der Waals surface area contributed by atoms with Crippen LogP contribution in [0.4, 0.5) is 26.3 Å². The molecule has 2 nitrogen and oxygen atoms in total. The molecule has 0 aliphatic rings. The smallest absolute Gasteiger partial charge is 0.387 e. The molecule has 0 saturated carbocycles. The van der Waals surface area contributed by atoms with Gasteiger partial charge in [0, 0.05) is 0 Å². The zero-order valence-corrected chi connectivity index (χ0v) is 13.9. The largest absolute Gasteiger partial charge is 0.429 e. The first-order valence-electron chi connectivity index (χ1n) is 7.72. The summed E-state index contributed by atoms with van der Waals surface area (Å²) in [6, 6.07) is 6.67. The zero-order valence-electron chi connectivity index (χ0n) is 13.9. The van der Waals surface area contributed by atoms with E-state index in [1.807, 2.05) is 6.92 Å². The van der Waals surface area contributed by atoms with E-state index in [0.29, 0.717) is 18.6 Å². The van der Waals surface area contributed by atoms with Crippen LogP contribution in [0, 0.1) is 11.6 Å². The van der Waals surface area contributed by atoms with E-state index in [2.05, 4.69) is 9.47 Å². The van der Waals surface area contributed by atoms with Crippen LogP contribution >= 0.6 is 0 Å². The Labute approximate surface area is 146 Å². The molecule has 0 N–H and O–H groups in total. The Morgan fingerprint density at radius 3 is 2.00 bits per heavy atom. The normalized spacial score (nSPS) is 13.1. The first-order valence-corrected chi connectivity index (χ1v) is 7.72. The molecule has 0 aliphatic heterocycles. The monoisotopic (exact) mass is 378 g/mol. The van der Waals surface area contributed by atoms with Gasteiger partial charge < -0.3 is 9.47 Å². The fraction of sp³-hybridized carbons (Fsp3) is 0.333. The zero-order chi connectivity index (χ0) is 19.5. The van der Waals surface area contributed by atoms with Crippen LogP contribution in [-0.2, 0) is 17.3 Å². The minimum atomic E-state index is -3.71. The fourth-order valence-electron chi connectivity index (χ4n) is 2.31. The summed E-state index contributed by atoms with van der Waals surface area (Å²) in [6.07, 6.45) is -4.45. The summed E-state index contributed by atoms with van der Waals surface area (Å²) in [5.41, 5.74) is 0.156. The van der Waals surface area contributed by atoms with E-state index < -0.39 is 41.8 Å². The van der Waals surface area contributed by atoms with Crippen molar-refractivity contribution in [3.05, 3.63) is 64.7 Å². The lowest BCUT2D eigenvalue weighted by molar-refractivity contribution is -0.272. The van der Waals surface area contributed by atoms with E-state index in [-0.39, 0.29) is 5.56 Å². The molecule has 2 aromatic carbocycles. The lowest BCUT2D eigenvalue weighted by Gasteiger charge is -2.23. The molecule has 0 amide bonds. The third-order valence-corrected chi connectivity index (χ3v) is 3.72. The highest BCUT2D eigenvalue weighted by Gasteiger charge is 2.35. The van der Waals surface area contributed by atoms with E-state index in [4.69, 9.17) is 0 Å². The third-order valence-electron chi connectivity index (χ3n) is 3.72. The van der Waals surface area contributed by atoms with Crippen molar-refractivity contribution in [1.82, 2.24) is 0 Å². The van der Waals surface area contributed by atoms with Crippen LogP contribution in [0.25, 0.3) is 0 Å².